The molecule has 0 unspecified atom stereocenters. The van der Waals surface area contributed by atoms with Gasteiger partial charge in [0.25, 0.3) is 5.19 Å². The predicted molar refractivity (Wildman–Crippen MR) is 158 cm³/mol. The number of halogens is 1. The van der Waals surface area contributed by atoms with Crippen LogP contribution in [0, 0.1) is 0 Å². The van der Waals surface area contributed by atoms with Gasteiger partial charge in [-0.2, -0.15) is 0 Å². The van der Waals surface area contributed by atoms with Gasteiger partial charge in [-0.25, -0.2) is 14.5 Å². The van der Waals surface area contributed by atoms with Gasteiger partial charge in [0.2, 0.25) is 4.96 Å². The highest BCUT2D eigenvalue weighted by Crippen LogP contribution is 2.43. The van der Waals surface area contributed by atoms with Gasteiger partial charge in [0, 0.05) is 35.7 Å². The monoisotopic (exact) mass is 608 g/mol. The molecule has 5 heterocycles. The fourth-order valence-corrected chi connectivity index (χ4v) is 7.18. The number of hydrogen-bond acceptors (Lipinski definition) is 10. The van der Waals surface area contributed by atoms with Crippen LogP contribution in [0.25, 0.3) is 27.4 Å². The second-order valence-corrected chi connectivity index (χ2v) is 11.9. The van der Waals surface area contributed by atoms with Gasteiger partial charge in [-0.1, -0.05) is 23.7 Å². The fraction of sp³-hybridized carbons (Fsp3) is 0.276. The smallest absolute Gasteiger partial charge is 0.294 e. The number of rotatable bonds is 8. The van der Waals surface area contributed by atoms with Crippen LogP contribution in [0.5, 0.6) is 16.7 Å². The van der Waals surface area contributed by atoms with Crippen molar-refractivity contribution in [3.05, 3.63) is 75.3 Å². The second-order valence-electron chi connectivity index (χ2n) is 9.71. The average Bonchev–Trinajstić information content (AvgIpc) is 3.79. The van der Waals surface area contributed by atoms with Gasteiger partial charge in [-0.05, 0) is 47.9 Å². The molecule has 6 aromatic rings. The van der Waals surface area contributed by atoms with E-state index in [9.17, 15) is 0 Å². The topological polar surface area (TPSA) is 93.1 Å². The van der Waals surface area contributed by atoms with E-state index >= 15 is 0 Å². The summed E-state index contributed by atoms with van der Waals surface area (Å²) >= 11 is 9.39. The first-order valence-electron chi connectivity index (χ1n) is 13.0. The van der Waals surface area contributed by atoms with E-state index in [1.807, 2.05) is 42.6 Å². The van der Waals surface area contributed by atoms with Gasteiger partial charge in [0.15, 0.2) is 5.76 Å². The third-order valence-electron chi connectivity index (χ3n) is 7.32. The van der Waals surface area contributed by atoms with Crippen molar-refractivity contribution in [2.24, 2.45) is 0 Å². The molecule has 2 aromatic carbocycles. The first-order chi connectivity index (χ1) is 20.0. The zero-order valence-electron chi connectivity index (χ0n) is 22.3. The Kier molecular flexibility index (Phi) is 6.82. The van der Waals surface area contributed by atoms with Crippen LogP contribution in [0.15, 0.2) is 58.5 Å². The maximum absolute atomic E-state index is 6.38. The van der Waals surface area contributed by atoms with E-state index in [-0.39, 0.29) is 5.41 Å². The quantitative estimate of drug-likeness (QED) is 0.182. The lowest BCUT2D eigenvalue weighted by atomic mass is 9.74. The second kappa shape index (κ2) is 10.6. The Bertz CT molecular complexity index is 1820. The van der Waals surface area contributed by atoms with Crippen molar-refractivity contribution >= 4 is 50.2 Å². The number of hydrogen-bond donors (Lipinski definition) is 0. The van der Waals surface area contributed by atoms with Crippen molar-refractivity contribution in [3.63, 3.8) is 0 Å². The van der Waals surface area contributed by atoms with E-state index in [0.717, 1.165) is 34.0 Å². The summed E-state index contributed by atoms with van der Waals surface area (Å²) < 4.78 is 30.6. The molecular weight excluding hydrogens is 584 g/mol. The largest absolute Gasteiger partial charge is 0.496 e. The maximum Gasteiger partial charge on any atom is 0.294 e. The number of fused-ring (bicyclic) bond motifs is 2. The number of benzene rings is 2. The Morgan fingerprint density at radius 1 is 1.07 bits per heavy atom. The first-order valence-corrected chi connectivity index (χ1v) is 15.1. The van der Waals surface area contributed by atoms with Gasteiger partial charge in [-0.15, -0.1) is 16.4 Å². The van der Waals surface area contributed by atoms with Crippen LogP contribution < -0.4 is 14.2 Å². The SMILES string of the molecule is COc1cc(OCc2csc(C3(c4cccc(Cl)c4)CCOCC3)n2)c2cc(-c3cn4nc(OC)sc4n3)oc2c1. The minimum atomic E-state index is -0.230. The maximum atomic E-state index is 6.38. The van der Waals surface area contributed by atoms with Gasteiger partial charge in [-0.3, -0.25) is 0 Å². The summed E-state index contributed by atoms with van der Waals surface area (Å²) in [4.78, 5) is 10.4. The molecule has 1 aliphatic rings. The van der Waals surface area contributed by atoms with E-state index in [1.54, 1.807) is 30.1 Å². The van der Waals surface area contributed by atoms with Crippen molar-refractivity contribution in [3.8, 4) is 28.1 Å². The molecule has 0 spiro atoms. The van der Waals surface area contributed by atoms with Crippen LogP contribution in [0.4, 0.5) is 0 Å². The van der Waals surface area contributed by atoms with Crippen molar-refractivity contribution in [1.29, 1.82) is 0 Å². The Morgan fingerprint density at radius 3 is 2.73 bits per heavy atom. The number of furan rings is 1. The lowest BCUT2D eigenvalue weighted by molar-refractivity contribution is 0.0629. The van der Waals surface area contributed by atoms with Crippen LogP contribution >= 0.6 is 34.3 Å². The summed E-state index contributed by atoms with van der Waals surface area (Å²) in [6.45, 7) is 1.66. The number of ether oxygens (including phenoxy) is 4. The summed E-state index contributed by atoms with van der Waals surface area (Å²) in [7, 11) is 3.20. The summed E-state index contributed by atoms with van der Waals surface area (Å²) in [5.74, 6) is 1.88. The van der Waals surface area contributed by atoms with Gasteiger partial charge in [0.1, 0.15) is 34.4 Å². The highest BCUT2D eigenvalue weighted by Gasteiger charge is 2.39. The standard InChI is InChI=1S/C29H25ClN4O5S2/c1-35-20-11-23(21-13-25(39-24(21)12-20)22-14-34-27(32-22)41-28(33-34)36-2)38-15-19-16-40-26(31-19)29(6-8-37-9-7-29)17-4-3-5-18(30)10-17/h3-5,10-14,16H,6-9,15H2,1-2H3. The number of methoxy groups -OCH3 is 2. The third kappa shape index (κ3) is 4.82. The molecule has 41 heavy (non-hydrogen) atoms. The molecule has 210 valence electrons. The van der Waals surface area contributed by atoms with Crippen LogP contribution in [0.1, 0.15) is 29.1 Å². The molecule has 0 aliphatic carbocycles. The highest BCUT2D eigenvalue weighted by molar-refractivity contribution is 7.18. The zero-order chi connectivity index (χ0) is 28.0. The molecule has 4 aromatic heterocycles. The normalized spacial score (nSPS) is 15.0. The number of imidazole rings is 1. The van der Waals surface area contributed by atoms with E-state index in [2.05, 4.69) is 21.5 Å². The number of aromatic nitrogens is 4. The highest BCUT2D eigenvalue weighted by atomic mass is 35.5. The lowest BCUT2D eigenvalue weighted by Crippen LogP contribution is -2.35. The summed E-state index contributed by atoms with van der Waals surface area (Å²) in [5, 5.41) is 9.55. The molecule has 0 N–H and O–H groups in total. The van der Waals surface area contributed by atoms with E-state index in [0.29, 0.717) is 58.5 Å². The van der Waals surface area contributed by atoms with E-state index in [4.69, 9.17) is 39.9 Å². The summed E-state index contributed by atoms with van der Waals surface area (Å²) in [6, 6.07) is 13.7. The van der Waals surface area contributed by atoms with Crippen molar-refractivity contribution < 1.29 is 23.4 Å². The molecular formula is C29H25ClN4O5S2. The minimum Gasteiger partial charge on any atom is -0.496 e. The number of thiazole rings is 1. The molecule has 1 saturated heterocycles. The van der Waals surface area contributed by atoms with Gasteiger partial charge >= 0.3 is 0 Å². The Balaban J connectivity index is 1.17. The molecule has 0 radical (unpaired) electrons. The minimum absolute atomic E-state index is 0.230. The molecule has 12 heteroatoms. The zero-order valence-corrected chi connectivity index (χ0v) is 24.6. The van der Waals surface area contributed by atoms with Gasteiger partial charge < -0.3 is 23.4 Å². The fourth-order valence-electron chi connectivity index (χ4n) is 5.21. The molecule has 0 amide bonds. The van der Waals surface area contributed by atoms with E-state index < -0.39 is 0 Å². The van der Waals surface area contributed by atoms with E-state index in [1.165, 1.54) is 16.9 Å². The molecule has 0 bridgehead atoms. The molecule has 9 nitrogen and oxygen atoms in total. The van der Waals surface area contributed by atoms with Crippen LogP contribution in [0.2, 0.25) is 5.02 Å². The van der Waals surface area contributed by atoms with Crippen LogP contribution in [0.3, 0.4) is 0 Å². The lowest BCUT2D eigenvalue weighted by Gasteiger charge is -2.36. The molecule has 1 fully saturated rings. The first kappa shape index (κ1) is 26.3. The Hall–Kier alpha value is -3.64. The molecule has 0 atom stereocenters. The Morgan fingerprint density at radius 2 is 1.95 bits per heavy atom. The number of nitrogens with zero attached hydrogens (tertiary/aromatic N) is 4. The predicted octanol–water partition coefficient (Wildman–Crippen LogP) is 7.01. The molecule has 1 aliphatic heterocycles. The third-order valence-corrected chi connectivity index (χ3v) is 9.53. The van der Waals surface area contributed by atoms with Gasteiger partial charge in [0.05, 0.1) is 36.9 Å². The summed E-state index contributed by atoms with van der Waals surface area (Å²) in [5.41, 5.74) is 3.10. The molecule has 0 saturated carbocycles. The van der Waals surface area contributed by atoms with Crippen LogP contribution in [-0.4, -0.2) is 47.0 Å². The van der Waals surface area contributed by atoms with Crippen molar-refractivity contribution in [2.75, 3.05) is 27.4 Å². The van der Waals surface area contributed by atoms with Crippen LogP contribution in [-0.2, 0) is 16.8 Å². The van der Waals surface area contributed by atoms with Crippen molar-refractivity contribution in [2.45, 2.75) is 24.9 Å². The van der Waals surface area contributed by atoms with Crippen molar-refractivity contribution in [1.82, 2.24) is 19.6 Å². The summed E-state index contributed by atoms with van der Waals surface area (Å²) in [6.07, 6.45) is 3.51. The molecule has 7 rings (SSSR count). The Labute approximate surface area is 248 Å². The average molecular weight is 609 g/mol.